The summed E-state index contributed by atoms with van der Waals surface area (Å²) >= 11 is 0. The number of fused-ring (bicyclic) bond motifs is 1. The lowest BCUT2D eigenvalue weighted by Crippen LogP contribution is -2.43. The molecule has 19 heavy (non-hydrogen) atoms. The molecular formula is C13H20N4O2. The first-order chi connectivity index (χ1) is 9.38. The summed E-state index contributed by atoms with van der Waals surface area (Å²) in [4.78, 5) is 7.01. The largest absolute Gasteiger partial charge is 0.367 e. The van der Waals surface area contributed by atoms with Crippen LogP contribution in [0.25, 0.3) is 0 Å². The molecule has 4 rings (SSSR count). The monoisotopic (exact) mass is 264 g/mol. The van der Waals surface area contributed by atoms with Crippen molar-refractivity contribution in [2.24, 2.45) is 5.92 Å². The summed E-state index contributed by atoms with van der Waals surface area (Å²) in [5.74, 6) is 2.14. The van der Waals surface area contributed by atoms with E-state index in [-0.39, 0.29) is 6.10 Å². The van der Waals surface area contributed by atoms with E-state index in [2.05, 4.69) is 20.4 Å². The smallest absolute Gasteiger partial charge is 0.227 e. The molecule has 3 fully saturated rings. The van der Waals surface area contributed by atoms with Crippen LogP contribution in [0.4, 0.5) is 0 Å². The molecule has 3 saturated heterocycles. The number of hydrogen-bond donors (Lipinski definition) is 1. The van der Waals surface area contributed by atoms with E-state index in [1.54, 1.807) is 0 Å². The summed E-state index contributed by atoms with van der Waals surface area (Å²) in [5, 5.41) is 7.36. The molecule has 0 amide bonds. The van der Waals surface area contributed by atoms with Gasteiger partial charge in [0.2, 0.25) is 11.7 Å². The summed E-state index contributed by atoms with van der Waals surface area (Å²) in [5.41, 5.74) is 0. The Bertz CT molecular complexity index is 446. The third kappa shape index (κ3) is 2.28. The van der Waals surface area contributed by atoms with Crippen LogP contribution in [-0.2, 0) is 11.2 Å². The van der Waals surface area contributed by atoms with Crippen LogP contribution in [0.5, 0.6) is 0 Å². The van der Waals surface area contributed by atoms with E-state index < -0.39 is 0 Å². The molecule has 0 aromatic carbocycles. The predicted molar refractivity (Wildman–Crippen MR) is 67.6 cm³/mol. The van der Waals surface area contributed by atoms with Crippen LogP contribution in [0.2, 0.25) is 0 Å². The van der Waals surface area contributed by atoms with Gasteiger partial charge in [0.15, 0.2) is 0 Å². The molecule has 0 bridgehead atoms. The molecule has 0 aliphatic carbocycles. The van der Waals surface area contributed by atoms with E-state index in [4.69, 9.17) is 9.26 Å². The minimum atomic E-state index is -0.00799. The maximum atomic E-state index is 5.90. The van der Waals surface area contributed by atoms with Crippen LogP contribution in [0.15, 0.2) is 4.52 Å². The van der Waals surface area contributed by atoms with Gasteiger partial charge in [-0.05, 0) is 38.4 Å². The Morgan fingerprint density at radius 1 is 1.37 bits per heavy atom. The van der Waals surface area contributed by atoms with Crippen molar-refractivity contribution in [1.29, 1.82) is 0 Å². The third-order valence-electron chi connectivity index (χ3n) is 4.49. The molecule has 2 atom stereocenters. The number of morpholine rings is 1. The fourth-order valence-electron chi connectivity index (χ4n) is 3.19. The van der Waals surface area contributed by atoms with Crippen molar-refractivity contribution < 1.29 is 9.26 Å². The second kappa shape index (κ2) is 4.85. The van der Waals surface area contributed by atoms with Crippen molar-refractivity contribution >= 4 is 0 Å². The van der Waals surface area contributed by atoms with Gasteiger partial charge in [-0.3, -0.25) is 4.90 Å². The van der Waals surface area contributed by atoms with Crippen molar-refractivity contribution in [3.05, 3.63) is 11.7 Å². The highest BCUT2D eigenvalue weighted by molar-refractivity contribution is 4.98. The average Bonchev–Trinajstić information content (AvgIpc) is 3.02. The van der Waals surface area contributed by atoms with Gasteiger partial charge in [0.05, 0.1) is 6.61 Å². The maximum Gasteiger partial charge on any atom is 0.227 e. The first kappa shape index (κ1) is 11.8. The second-order valence-corrected chi connectivity index (χ2v) is 5.89. The summed E-state index contributed by atoms with van der Waals surface area (Å²) in [6.07, 6.45) is 3.43. The lowest BCUT2D eigenvalue weighted by atomic mass is 10.00. The summed E-state index contributed by atoms with van der Waals surface area (Å²) in [7, 11) is 0. The molecule has 104 valence electrons. The molecule has 4 heterocycles. The van der Waals surface area contributed by atoms with E-state index >= 15 is 0 Å². The van der Waals surface area contributed by atoms with Crippen LogP contribution in [0.1, 0.15) is 30.7 Å². The van der Waals surface area contributed by atoms with E-state index in [1.165, 1.54) is 19.4 Å². The lowest BCUT2D eigenvalue weighted by molar-refractivity contribution is -0.0548. The van der Waals surface area contributed by atoms with Crippen LogP contribution in [0, 0.1) is 5.92 Å². The minimum absolute atomic E-state index is 0.00799. The Balaban J connectivity index is 1.41. The Kier molecular flexibility index (Phi) is 3.01. The van der Waals surface area contributed by atoms with E-state index in [0.29, 0.717) is 12.0 Å². The molecule has 0 saturated carbocycles. The van der Waals surface area contributed by atoms with Gasteiger partial charge in [-0.15, -0.1) is 0 Å². The SMILES string of the molecule is C1CC2COC(c3noc(CC4CNC4)n3)CN2C1. The number of aromatic nitrogens is 2. The van der Waals surface area contributed by atoms with Gasteiger partial charge in [-0.2, -0.15) is 4.98 Å². The number of hydrogen-bond acceptors (Lipinski definition) is 6. The van der Waals surface area contributed by atoms with Crippen LogP contribution in [-0.4, -0.2) is 53.9 Å². The normalized spacial score (nSPS) is 32.2. The van der Waals surface area contributed by atoms with E-state index in [9.17, 15) is 0 Å². The van der Waals surface area contributed by atoms with Crippen molar-refractivity contribution in [3.8, 4) is 0 Å². The summed E-state index contributed by atoms with van der Waals surface area (Å²) in [6.45, 7) is 5.03. The Labute approximate surface area is 112 Å². The predicted octanol–water partition coefficient (Wildman–Crippen LogP) is 0.367. The number of nitrogens with zero attached hydrogens (tertiary/aromatic N) is 3. The first-order valence-electron chi connectivity index (χ1n) is 7.27. The Morgan fingerprint density at radius 3 is 3.16 bits per heavy atom. The van der Waals surface area contributed by atoms with Gasteiger partial charge in [0.1, 0.15) is 6.10 Å². The molecule has 1 aromatic rings. The van der Waals surface area contributed by atoms with Crippen LogP contribution < -0.4 is 5.32 Å². The third-order valence-corrected chi connectivity index (χ3v) is 4.49. The minimum Gasteiger partial charge on any atom is -0.367 e. The molecular weight excluding hydrogens is 244 g/mol. The van der Waals surface area contributed by atoms with Crippen molar-refractivity contribution in [2.75, 3.05) is 32.8 Å². The molecule has 6 nitrogen and oxygen atoms in total. The molecule has 3 aliphatic heterocycles. The van der Waals surface area contributed by atoms with Crippen molar-refractivity contribution in [1.82, 2.24) is 20.4 Å². The molecule has 3 aliphatic rings. The molecule has 6 heteroatoms. The van der Waals surface area contributed by atoms with Gasteiger partial charge in [0.25, 0.3) is 0 Å². The summed E-state index contributed by atoms with van der Waals surface area (Å²) < 4.78 is 11.2. The lowest BCUT2D eigenvalue weighted by Gasteiger charge is -2.33. The maximum absolute atomic E-state index is 5.90. The van der Waals surface area contributed by atoms with Gasteiger partial charge >= 0.3 is 0 Å². The van der Waals surface area contributed by atoms with Crippen molar-refractivity contribution in [2.45, 2.75) is 31.4 Å². The zero-order valence-electron chi connectivity index (χ0n) is 11.0. The molecule has 1 N–H and O–H groups in total. The zero-order chi connectivity index (χ0) is 12.7. The molecule has 2 unspecified atom stereocenters. The quantitative estimate of drug-likeness (QED) is 0.851. The van der Waals surface area contributed by atoms with E-state index in [1.807, 2.05) is 0 Å². The number of nitrogens with one attached hydrogen (secondary N) is 1. The summed E-state index contributed by atoms with van der Waals surface area (Å²) in [6, 6.07) is 0.615. The Morgan fingerprint density at radius 2 is 2.32 bits per heavy atom. The van der Waals surface area contributed by atoms with Crippen molar-refractivity contribution in [3.63, 3.8) is 0 Å². The van der Waals surface area contributed by atoms with Crippen LogP contribution in [0.3, 0.4) is 0 Å². The number of rotatable bonds is 3. The second-order valence-electron chi connectivity index (χ2n) is 5.89. The van der Waals surface area contributed by atoms with Gasteiger partial charge in [-0.25, -0.2) is 0 Å². The molecule has 0 radical (unpaired) electrons. The number of ether oxygens (including phenoxy) is 1. The zero-order valence-corrected chi connectivity index (χ0v) is 11.0. The highest BCUT2D eigenvalue weighted by atomic mass is 16.5. The Hall–Kier alpha value is -0.980. The highest BCUT2D eigenvalue weighted by Crippen LogP contribution is 2.28. The van der Waals surface area contributed by atoms with Gasteiger partial charge < -0.3 is 14.6 Å². The average molecular weight is 264 g/mol. The standard InChI is InChI=1S/C13H20N4O2/c1-2-10-8-18-11(7-17(10)3-1)13-15-12(19-16-13)4-9-5-14-6-9/h9-11,14H,1-8H2. The molecule has 1 aromatic heterocycles. The first-order valence-corrected chi connectivity index (χ1v) is 7.27. The van der Waals surface area contributed by atoms with Gasteiger partial charge in [0, 0.05) is 19.0 Å². The fraction of sp³-hybridized carbons (Fsp3) is 0.846. The van der Waals surface area contributed by atoms with Crippen LogP contribution >= 0.6 is 0 Å². The van der Waals surface area contributed by atoms with Gasteiger partial charge in [-0.1, -0.05) is 5.16 Å². The van der Waals surface area contributed by atoms with E-state index in [0.717, 1.165) is 44.4 Å². The highest BCUT2D eigenvalue weighted by Gasteiger charge is 2.35. The topological polar surface area (TPSA) is 63.4 Å². The molecule has 0 spiro atoms. The fourth-order valence-corrected chi connectivity index (χ4v) is 3.19.